The Labute approximate surface area is 113 Å². The Morgan fingerprint density at radius 2 is 2.16 bits per heavy atom. The normalized spacial score (nSPS) is 27.8. The van der Waals surface area contributed by atoms with Gasteiger partial charge in [-0.15, -0.1) is 0 Å². The van der Waals surface area contributed by atoms with Crippen LogP contribution in [0.15, 0.2) is 24.5 Å². The third kappa shape index (κ3) is 2.56. The first-order valence-electron chi connectivity index (χ1n) is 6.72. The zero-order valence-electron chi connectivity index (χ0n) is 11.2. The maximum Gasteiger partial charge on any atom is 0.410 e. The minimum Gasteiger partial charge on any atom is -0.440 e. The van der Waals surface area contributed by atoms with Crippen molar-refractivity contribution in [1.29, 1.82) is 0 Å². The van der Waals surface area contributed by atoms with Gasteiger partial charge < -0.3 is 9.64 Å². The average molecular weight is 261 g/mol. The highest BCUT2D eigenvalue weighted by atomic mass is 16.6. The fourth-order valence-electron chi connectivity index (χ4n) is 3.08. The highest BCUT2D eigenvalue weighted by Crippen LogP contribution is 2.31. The monoisotopic (exact) mass is 261 g/mol. The van der Waals surface area contributed by atoms with Gasteiger partial charge in [0.1, 0.15) is 5.60 Å². The smallest absolute Gasteiger partial charge is 0.410 e. The molecule has 0 aliphatic carbocycles. The van der Waals surface area contributed by atoms with Crippen molar-refractivity contribution < 1.29 is 9.53 Å². The van der Waals surface area contributed by atoms with Gasteiger partial charge in [-0.1, -0.05) is 0 Å². The molecule has 0 bridgehead atoms. The number of likely N-dealkylation sites (tertiary alicyclic amines) is 1. The van der Waals surface area contributed by atoms with E-state index in [4.69, 9.17) is 4.74 Å². The van der Waals surface area contributed by atoms with Crippen LogP contribution in [0.1, 0.15) is 18.4 Å². The molecule has 102 valence electrons. The quantitative estimate of drug-likeness (QED) is 0.809. The molecule has 3 rings (SSSR count). The Kier molecular flexibility index (Phi) is 3.14. The Morgan fingerprint density at radius 3 is 2.84 bits per heavy atom. The zero-order chi connectivity index (χ0) is 13.3. The van der Waals surface area contributed by atoms with E-state index in [9.17, 15) is 4.79 Å². The Balaban J connectivity index is 1.67. The van der Waals surface area contributed by atoms with E-state index < -0.39 is 0 Å². The van der Waals surface area contributed by atoms with E-state index in [0.29, 0.717) is 6.54 Å². The van der Waals surface area contributed by atoms with Crippen LogP contribution in [-0.4, -0.2) is 53.2 Å². The molecular weight excluding hydrogens is 242 g/mol. The molecule has 5 heteroatoms. The van der Waals surface area contributed by atoms with E-state index in [1.807, 2.05) is 24.5 Å². The summed E-state index contributed by atoms with van der Waals surface area (Å²) in [5.41, 5.74) is 0.960. The summed E-state index contributed by atoms with van der Waals surface area (Å²) in [7, 11) is 1.80. The largest absolute Gasteiger partial charge is 0.440 e. The van der Waals surface area contributed by atoms with Crippen LogP contribution in [0, 0.1) is 0 Å². The van der Waals surface area contributed by atoms with Crippen molar-refractivity contribution in [3.8, 4) is 0 Å². The van der Waals surface area contributed by atoms with E-state index >= 15 is 0 Å². The summed E-state index contributed by atoms with van der Waals surface area (Å²) in [6.07, 6.45) is 5.49. The summed E-state index contributed by atoms with van der Waals surface area (Å²) in [5, 5.41) is 0. The molecule has 2 fully saturated rings. The van der Waals surface area contributed by atoms with Gasteiger partial charge in [0.25, 0.3) is 0 Å². The summed E-state index contributed by atoms with van der Waals surface area (Å²) in [6, 6.07) is 4.07. The number of hydrogen-bond donors (Lipinski definition) is 0. The van der Waals surface area contributed by atoms with Crippen LogP contribution >= 0.6 is 0 Å². The van der Waals surface area contributed by atoms with Gasteiger partial charge in [-0.25, -0.2) is 4.79 Å². The van der Waals surface area contributed by atoms with Crippen molar-refractivity contribution in [2.24, 2.45) is 0 Å². The van der Waals surface area contributed by atoms with Crippen molar-refractivity contribution in [2.45, 2.75) is 25.0 Å². The van der Waals surface area contributed by atoms with Crippen molar-refractivity contribution in [3.05, 3.63) is 30.1 Å². The van der Waals surface area contributed by atoms with Crippen LogP contribution < -0.4 is 0 Å². The molecule has 5 nitrogen and oxygen atoms in total. The fraction of sp³-hybridized carbons (Fsp3) is 0.571. The maximum absolute atomic E-state index is 11.6. The molecule has 0 aromatic carbocycles. The highest BCUT2D eigenvalue weighted by Gasteiger charge is 2.46. The summed E-state index contributed by atoms with van der Waals surface area (Å²) < 4.78 is 5.60. The number of aromatic nitrogens is 1. The molecule has 0 N–H and O–H groups in total. The molecule has 0 radical (unpaired) electrons. The van der Waals surface area contributed by atoms with Gasteiger partial charge in [0.05, 0.1) is 6.54 Å². The van der Waals surface area contributed by atoms with Gasteiger partial charge in [0, 0.05) is 32.5 Å². The summed E-state index contributed by atoms with van der Waals surface area (Å²) in [6.45, 7) is 3.49. The van der Waals surface area contributed by atoms with Gasteiger partial charge in [0.2, 0.25) is 0 Å². The van der Waals surface area contributed by atoms with Gasteiger partial charge >= 0.3 is 6.09 Å². The van der Waals surface area contributed by atoms with Crippen molar-refractivity contribution >= 4 is 6.09 Å². The third-order valence-electron chi connectivity index (χ3n) is 3.91. The molecule has 1 spiro atoms. The number of carbonyl (C=O) groups is 1. The lowest BCUT2D eigenvalue weighted by Crippen LogP contribution is -2.50. The Bertz CT molecular complexity index is 465. The topological polar surface area (TPSA) is 45.7 Å². The number of hydrogen-bond acceptors (Lipinski definition) is 4. The lowest BCUT2D eigenvalue weighted by atomic mass is 9.92. The molecule has 19 heavy (non-hydrogen) atoms. The first-order chi connectivity index (χ1) is 9.17. The number of ether oxygens (including phenoxy) is 1. The number of rotatable bonds is 2. The molecule has 2 aliphatic rings. The van der Waals surface area contributed by atoms with Crippen molar-refractivity contribution in [1.82, 2.24) is 14.8 Å². The number of piperidine rings is 1. The lowest BCUT2D eigenvalue weighted by molar-refractivity contribution is -0.0113. The lowest BCUT2D eigenvalue weighted by Gasteiger charge is -2.38. The zero-order valence-corrected chi connectivity index (χ0v) is 11.2. The predicted molar refractivity (Wildman–Crippen MR) is 70.6 cm³/mol. The first-order valence-corrected chi connectivity index (χ1v) is 6.72. The number of nitrogens with zero attached hydrogens (tertiary/aromatic N) is 3. The molecule has 1 aromatic heterocycles. The van der Waals surface area contributed by atoms with Crippen LogP contribution in [0.3, 0.4) is 0 Å². The Morgan fingerprint density at radius 1 is 1.37 bits per heavy atom. The first kappa shape index (κ1) is 12.4. The van der Waals surface area contributed by atoms with Gasteiger partial charge in [-0.3, -0.25) is 9.88 Å². The minimum absolute atomic E-state index is 0.189. The van der Waals surface area contributed by atoms with Gasteiger partial charge in [0.15, 0.2) is 0 Å². The Hall–Kier alpha value is -1.62. The predicted octanol–water partition coefficient (Wildman–Crippen LogP) is 1.50. The van der Waals surface area contributed by atoms with Crippen molar-refractivity contribution in [2.75, 3.05) is 26.7 Å². The second-order valence-electron chi connectivity index (χ2n) is 5.58. The molecule has 3 heterocycles. The molecule has 1 aromatic rings. The highest BCUT2D eigenvalue weighted by molar-refractivity contribution is 5.70. The van der Waals surface area contributed by atoms with E-state index in [1.54, 1.807) is 11.9 Å². The summed E-state index contributed by atoms with van der Waals surface area (Å²) in [5.74, 6) is 0. The number of pyridine rings is 1. The third-order valence-corrected chi connectivity index (χ3v) is 3.91. The molecule has 1 amide bonds. The second-order valence-corrected chi connectivity index (χ2v) is 5.58. The van der Waals surface area contributed by atoms with Crippen molar-refractivity contribution in [3.63, 3.8) is 0 Å². The molecule has 2 aliphatic heterocycles. The molecule has 1 unspecified atom stereocenters. The summed E-state index contributed by atoms with van der Waals surface area (Å²) in [4.78, 5) is 19.7. The van der Waals surface area contributed by atoms with Crippen LogP contribution in [0.4, 0.5) is 4.79 Å². The molecular formula is C14H19N3O2. The standard InChI is InChI=1S/C14H19N3O2/c1-16-10-14(19-13(16)18)5-2-8-17(11-14)9-12-3-6-15-7-4-12/h3-4,6-7H,2,5,8-11H2,1H3. The molecule has 2 saturated heterocycles. The number of amides is 1. The van der Waals surface area contributed by atoms with E-state index in [-0.39, 0.29) is 11.7 Å². The maximum atomic E-state index is 11.6. The summed E-state index contributed by atoms with van der Waals surface area (Å²) >= 11 is 0. The number of likely N-dealkylation sites (N-methyl/N-ethyl adjacent to an activating group) is 1. The van der Waals surface area contributed by atoms with E-state index in [2.05, 4.69) is 9.88 Å². The van der Waals surface area contributed by atoms with Crippen LogP contribution in [-0.2, 0) is 11.3 Å². The number of carbonyl (C=O) groups excluding carboxylic acids is 1. The second kappa shape index (κ2) is 4.81. The van der Waals surface area contributed by atoms with Crippen LogP contribution in [0.5, 0.6) is 0 Å². The molecule has 1 atom stereocenters. The molecule has 0 saturated carbocycles. The van der Waals surface area contributed by atoms with Gasteiger partial charge in [-0.05, 0) is 37.1 Å². The fourth-order valence-corrected chi connectivity index (χ4v) is 3.08. The average Bonchev–Trinajstić information content (AvgIpc) is 2.65. The minimum atomic E-state index is -0.295. The van der Waals surface area contributed by atoms with Crippen LogP contribution in [0.2, 0.25) is 0 Å². The van der Waals surface area contributed by atoms with Crippen LogP contribution in [0.25, 0.3) is 0 Å². The van der Waals surface area contributed by atoms with Gasteiger partial charge in [-0.2, -0.15) is 0 Å². The van der Waals surface area contributed by atoms with E-state index in [0.717, 1.165) is 32.5 Å². The van der Waals surface area contributed by atoms with E-state index in [1.165, 1.54) is 5.56 Å². The SMILES string of the molecule is CN1CC2(CCCN(Cc3ccncc3)C2)OC1=O.